The Labute approximate surface area is 142 Å². The van der Waals surface area contributed by atoms with Crippen molar-refractivity contribution in [3.63, 3.8) is 0 Å². The summed E-state index contributed by atoms with van der Waals surface area (Å²) in [4.78, 5) is 12.5. The van der Waals surface area contributed by atoms with E-state index in [4.69, 9.17) is 11.6 Å². The van der Waals surface area contributed by atoms with E-state index in [0.717, 1.165) is 0 Å². The van der Waals surface area contributed by atoms with E-state index in [1.54, 1.807) is 18.2 Å². The molecule has 0 radical (unpaired) electrons. The summed E-state index contributed by atoms with van der Waals surface area (Å²) < 4.78 is 15.3. The van der Waals surface area contributed by atoms with Crippen molar-refractivity contribution < 1.29 is 9.18 Å². The van der Waals surface area contributed by atoms with Crippen molar-refractivity contribution in [2.75, 3.05) is 0 Å². The van der Waals surface area contributed by atoms with Crippen LogP contribution in [-0.2, 0) is 0 Å². The molecule has 0 bridgehead atoms. The second-order valence-electron chi connectivity index (χ2n) is 4.22. The van der Waals surface area contributed by atoms with Gasteiger partial charge in [0, 0.05) is 25.1 Å². The summed E-state index contributed by atoms with van der Waals surface area (Å²) in [6.07, 6.45) is 0. The molecule has 21 heavy (non-hydrogen) atoms. The van der Waals surface area contributed by atoms with Crippen molar-refractivity contribution in [2.45, 2.75) is 5.92 Å². The van der Waals surface area contributed by atoms with E-state index in [2.05, 4.69) is 31.9 Å². The lowest BCUT2D eigenvalue weighted by Crippen LogP contribution is -2.13. The Hall–Kier alpha value is -1.22. The van der Waals surface area contributed by atoms with E-state index in [9.17, 15) is 14.4 Å². The number of ketones is 1. The molecule has 2 aromatic carbocycles. The maximum absolute atomic E-state index is 13.9. The predicted octanol–water partition coefficient (Wildman–Crippen LogP) is 5.49. The highest BCUT2D eigenvalue weighted by molar-refractivity contribution is 9.11. The van der Waals surface area contributed by atoms with Gasteiger partial charge in [0.1, 0.15) is 11.7 Å². The molecule has 0 amide bonds. The maximum Gasteiger partial charge on any atom is 0.184 e. The molecule has 0 heterocycles. The molecule has 0 fully saturated rings. The van der Waals surface area contributed by atoms with Gasteiger partial charge in [-0.05, 0) is 30.3 Å². The summed E-state index contributed by atoms with van der Waals surface area (Å²) >= 11 is 12.5. The average Bonchev–Trinajstić information content (AvgIpc) is 2.41. The van der Waals surface area contributed by atoms with Gasteiger partial charge in [-0.1, -0.05) is 49.5 Å². The highest BCUT2D eigenvalue weighted by Crippen LogP contribution is 2.31. The molecular formula is C15H7Br2ClFNO. The topological polar surface area (TPSA) is 40.9 Å². The fourth-order valence-electron chi connectivity index (χ4n) is 1.90. The van der Waals surface area contributed by atoms with Gasteiger partial charge in [0.15, 0.2) is 5.78 Å². The van der Waals surface area contributed by atoms with Crippen LogP contribution in [0.15, 0.2) is 45.3 Å². The van der Waals surface area contributed by atoms with Gasteiger partial charge in [-0.15, -0.1) is 0 Å². The van der Waals surface area contributed by atoms with Crippen LogP contribution in [0.25, 0.3) is 0 Å². The van der Waals surface area contributed by atoms with E-state index in [-0.39, 0.29) is 10.6 Å². The number of carbonyl (C=O) groups is 1. The van der Waals surface area contributed by atoms with Gasteiger partial charge in [0.25, 0.3) is 0 Å². The first-order valence-corrected chi connectivity index (χ1v) is 7.74. The quantitative estimate of drug-likeness (QED) is 0.603. The van der Waals surface area contributed by atoms with Crippen LogP contribution >= 0.6 is 43.5 Å². The monoisotopic (exact) mass is 429 g/mol. The molecular weight excluding hydrogens is 424 g/mol. The molecule has 106 valence electrons. The third-order valence-corrected chi connectivity index (χ3v) is 4.07. The summed E-state index contributed by atoms with van der Waals surface area (Å²) in [5, 5.41) is 9.34. The molecule has 0 aliphatic rings. The van der Waals surface area contributed by atoms with Gasteiger partial charge < -0.3 is 0 Å². The van der Waals surface area contributed by atoms with Gasteiger partial charge in [0.2, 0.25) is 0 Å². The van der Waals surface area contributed by atoms with E-state index in [0.29, 0.717) is 14.5 Å². The summed E-state index contributed by atoms with van der Waals surface area (Å²) in [5.74, 6) is -2.47. The van der Waals surface area contributed by atoms with E-state index in [1.807, 2.05) is 6.07 Å². The van der Waals surface area contributed by atoms with Crippen molar-refractivity contribution in [3.8, 4) is 6.07 Å². The molecule has 1 unspecified atom stereocenters. The van der Waals surface area contributed by atoms with Gasteiger partial charge in [-0.3, -0.25) is 4.79 Å². The lowest BCUT2D eigenvalue weighted by Gasteiger charge is -2.12. The van der Waals surface area contributed by atoms with Gasteiger partial charge in [-0.25, -0.2) is 4.39 Å². The van der Waals surface area contributed by atoms with Crippen LogP contribution in [0.3, 0.4) is 0 Å². The Morgan fingerprint density at radius 1 is 1.24 bits per heavy atom. The van der Waals surface area contributed by atoms with Gasteiger partial charge >= 0.3 is 0 Å². The minimum Gasteiger partial charge on any atom is -0.292 e. The van der Waals surface area contributed by atoms with Crippen LogP contribution in [-0.4, -0.2) is 5.78 Å². The normalized spacial score (nSPS) is 11.8. The lowest BCUT2D eigenvalue weighted by molar-refractivity contribution is 0.0977. The molecule has 2 nitrogen and oxygen atoms in total. The zero-order valence-corrected chi connectivity index (χ0v) is 14.3. The van der Waals surface area contributed by atoms with Gasteiger partial charge in [-0.2, -0.15) is 5.26 Å². The fraction of sp³-hybridized carbons (Fsp3) is 0.0667. The van der Waals surface area contributed by atoms with E-state index < -0.39 is 17.5 Å². The smallest absolute Gasteiger partial charge is 0.184 e. The Balaban J connectivity index is 2.52. The lowest BCUT2D eigenvalue weighted by atomic mass is 9.91. The largest absolute Gasteiger partial charge is 0.292 e. The van der Waals surface area contributed by atoms with Gasteiger partial charge in [0.05, 0.1) is 6.07 Å². The minimum atomic E-state index is -1.29. The molecule has 0 saturated carbocycles. The Kier molecular flexibility index (Phi) is 5.15. The molecule has 2 aromatic rings. The third kappa shape index (κ3) is 3.52. The highest BCUT2D eigenvalue weighted by Gasteiger charge is 2.27. The van der Waals surface area contributed by atoms with Crippen LogP contribution in [0.5, 0.6) is 0 Å². The van der Waals surface area contributed by atoms with Crippen molar-refractivity contribution in [3.05, 3.63) is 67.3 Å². The number of nitrogens with zero attached hydrogens (tertiary/aromatic N) is 1. The summed E-state index contributed by atoms with van der Waals surface area (Å²) in [5.41, 5.74) is 0.199. The zero-order valence-electron chi connectivity index (χ0n) is 10.4. The average molecular weight is 431 g/mol. The van der Waals surface area contributed by atoms with Crippen molar-refractivity contribution >= 4 is 49.2 Å². The van der Waals surface area contributed by atoms with Crippen molar-refractivity contribution in [1.29, 1.82) is 5.26 Å². The number of nitriles is 1. The highest BCUT2D eigenvalue weighted by atomic mass is 79.9. The minimum absolute atomic E-state index is 0.0592. The molecule has 0 aliphatic carbocycles. The van der Waals surface area contributed by atoms with Crippen LogP contribution in [0.1, 0.15) is 21.8 Å². The number of halogens is 4. The van der Waals surface area contributed by atoms with E-state index >= 15 is 0 Å². The number of hydrogen-bond donors (Lipinski definition) is 0. The number of carbonyl (C=O) groups excluding carboxylic acids is 1. The molecule has 0 aliphatic heterocycles. The van der Waals surface area contributed by atoms with Crippen LogP contribution in [0.2, 0.25) is 5.02 Å². The first-order valence-electron chi connectivity index (χ1n) is 5.78. The second-order valence-corrected chi connectivity index (χ2v) is 6.46. The second kappa shape index (κ2) is 6.69. The number of Topliss-reactive ketones (excluding diaryl/α,β-unsaturated/α-hetero) is 1. The first kappa shape index (κ1) is 16.2. The number of benzene rings is 2. The van der Waals surface area contributed by atoms with Crippen LogP contribution in [0.4, 0.5) is 4.39 Å². The SMILES string of the molecule is N#CC(C(=O)c1cc(Br)cc(Br)c1)c1c(F)cccc1Cl. The maximum atomic E-state index is 13.9. The van der Waals surface area contributed by atoms with E-state index in [1.165, 1.54) is 18.2 Å². The third-order valence-electron chi connectivity index (χ3n) is 2.83. The molecule has 0 saturated heterocycles. The Morgan fingerprint density at radius 2 is 1.86 bits per heavy atom. The number of hydrogen-bond acceptors (Lipinski definition) is 2. The summed E-state index contributed by atoms with van der Waals surface area (Å²) in [6.45, 7) is 0. The van der Waals surface area contributed by atoms with Crippen molar-refractivity contribution in [1.82, 2.24) is 0 Å². The Morgan fingerprint density at radius 3 is 2.38 bits per heavy atom. The fourth-order valence-corrected chi connectivity index (χ4v) is 3.47. The Bertz CT molecular complexity index is 717. The summed E-state index contributed by atoms with van der Waals surface area (Å²) in [6, 6.07) is 10.8. The van der Waals surface area contributed by atoms with Crippen molar-refractivity contribution in [2.24, 2.45) is 0 Å². The molecule has 1 atom stereocenters. The molecule has 2 rings (SSSR count). The zero-order chi connectivity index (χ0) is 15.6. The molecule has 0 spiro atoms. The molecule has 0 aromatic heterocycles. The first-order chi connectivity index (χ1) is 9.93. The summed E-state index contributed by atoms with van der Waals surface area (Å²) in [7, 11) is 0. The van der Waals surface area contributed by atoms with Crippen LogP contribution in [0, 0.1) is 17.1 Å². The number of rotatable bonds is 3. The standard InChI is InChI=1S/C15H7Br2ClFNO/c16-9-4-8(5-10(17)6-9)15(21)11(7-20)14-12(18)2-1-3-13(14)19/h1-6,11H. The predicted molar refractivity (Wildman–Crippen MR) is 85.9 cm³/mol. The molecule has 0 N–H and O–H groups in total. The molecule has 6 heteroatoms. The van der Waals surface area contributed by atoms with Crippen LogP contribution < -0.4 is 0 Å².